The number of nitrogens with one attached hydrogen (secondary N) is 1. The molecule has 1 aromatic heterocycles. The molecule has 7 heteroatoms. The van der Waals surface area contributed by atoms with Crippen LogP contribution in [0.25, 0.3) is 11.4 Å². The molecule has 0 bridgehead atoms. The van der Waals surface area contributed by atoms with Crippen molar-refractivity contribution in [2.45, 2.75) is 38.6 Å². The first-order valence-electron chi connectivity index (χ1n) is 9.51. The fourth-order valence-corrected chi connectivity index (χ4v) is 2.96. The van der Waals surface area contributed by atoms with Crippen LogP contribution < -0.4 is 10.1 Å². The summed E-state index contributed by atoms with van der Waals surface area (Å²) in [4.78, 5) is 12.2. The van der Waals surface area contributed by atoms with Gasteiger partial charge in [-0.25, -0.2) is 4.68 Å². The summed E-state index contributed by atoms with van der Waals surface area (Å²) in [7, 11) is 0. The Morgan fingerprint density at radius 1 is 1.21 bits per heavy atom. The molecule has 28 heavy (non-hydrogen) atoms. The second-order valence-electron chi connectivity index (χ2n) is 7.32. The minimum absolute atomic E-state index is 0.0385. The van der Waals surface area contributed by atoms with Crippen LogP contribution >= 0.6 is 0 Å². The SMILES string of the molecule is CC(C)c1cccc(OCC(=O)Nc2ccc(-c3nnnn3C3CC3)cc2)c1. The highest BCUT2D eigenvalue weighted by Crippen LogP contribution is 2.36. The van der Waals surface area contributed by atoms with Crippen LogP contribution in [-0.2, 0) is 4.79 Å². The maximum Gasteiger partial charge on any atom is 0.262 e. The second kappa shape index (κ2) is 7.80. The molecule has 1 saturated carbocycles. The fraction of sp³-hybridized carbons (Fsp3) is 0.333. The normalized spacial score (nSPS) is 13.5. The molecule has 1 heterocycles. The van der Waals surface area contributed by atoms with E-state index in [0.29, 0.717) is 23.4 Å². The summed E-state index contributed by atoms with van der Waals surface area (Å²) in [6.07, 6.45) is 2.23. The number of aromatic nitrogens is 4. The van der Waals surface area contributed by atoms with Gasteiger partial charge in [-0.05, 0) is 71.1 Å². The standard InChI is InChI=1S/C21H23N5O2/c1-14(2)16-4-3-5-19(12-16)28-13-20(27)22-17-8-6-15(7-9-17)21-23-24-25-26(21)18-10-11-18/h3-9,12,14,18H,10-11,13H2,1-2H3,(H,22,27). The maximum atomic E-state index is 12.2. The third-order valence-corrected chi connectivity index (χ3v) is 4.71. The van der Waals surface area contributed by atoms with Crippen LogP contribution in [0.1, 0.15) is 44.2 Å². The van der Waals surface area contributed by atoms with Crippen LogP contribution in [0.15, 0.2) is 48.5 Å². The number of tetrazole rings is 1. The number of benzene rings is 2. The van der Waals surface area contributed by atoms with Crippen molar-refractivity contribution < 1.29 is 9.53 Å². The lowest BCUT2D eigenvalue weighted by atomic mass is 10.0. The van der Waals surface area contributed by atoms with Crippen molar-refractivity contribution in [3.8, 4) is 17.1 Å². The molecule has 1 aliphatic rings. The van der Waals surface area contributed by atoms with Gasteiger partial charge in [0.1, 0.15) is 5.75 Å². The Kier molecular flexibility index (Phi) is 5.06. The molecule has 2 aromatic carbocycles. The van der Waals surface area contributed by atoms with Gasteiger partial charge >= 0.3 is 0 Å². The molecule has 0 unspecified atom stereocenters. The molecule has 4 rings (SSSR count). The van der Waals surface area contributed by atoms with E-state index in [0.717, 1.165) is 24.2 Å². The zero-order valence-corrected chi connectivity index (χ0v) is 16.0. The number of anilines is 1. The topological polar surface area (TPSA) is 81.9 Å². The first kappa shape index (κ1) is 18.2. The largest absolute Gasteiger partial charge is 0.484 e. The summed E-state index contributed by atoms with van der Waals surface area (Å²) >= 11 is 0. The Hall–Kier alpha value is -3.22. The van der Waals surface area contributed by atoms with Gasteiger partial charge in [0.25, 0.3) is 5.91 Å². The van der Waals surface area contributed by atoms with Crippen LogP contribution in [0.4, 0.5) is 5.69 Å². The Bertz CT molecular complexity index is 961. The molecule has 0 saturated heterocycles. The van der Waals surface area contributed by atoms with Gasteiger partial charge in [0.15, 0.2) is 12.4 Å². The third-order valence-electron chi connectivity index (χ3n) is 4.71. The smallest absolute Gasteiger partial charge is 0.262 e. The number of hydrogen-bond acceptors (Lipinski definition) is 5. The quantitative estimate of drug-likeness (QED) is 0.677. The highest BCUT2D eigenvalue weighted by atomic mass is 16.5. The van der Waals surface area contributed by atoms with Crippen molar-refractivity contribution in [2.24, 2.45) is 0 Å². The highest BCUT2D eigenvalue weighted by molar-refractivity contribution is 5.92. The lowest BCUT2D eigenvalue weighted by Crippen LogP contribution is -2.20. The van der Waals surface area contributed by atoms with Crippen molar-refractivity contribution in [3.63, 3.8) is 0 Å². The average molecular weight is 377 g/mol. The Morgan fingerprint density at radius 3 is 2.71 bits per heavy atom. The lowest BCUT2D eigenvalue weighted by Gasteiger charge is -2.10. The molecule has 0 radical (unpaired) electrons. The van der Waals surface area contributed by atoms with E-state index in [9.17, 15) is 4.79 Å². The summed E-state index contributed by atoms with van der Waals surface area (Å²) in [5.74, 6) is 1.67. The van der Waals surface area contributed by atoms with Crippen LogP contribution in [0, 0.1) is 0 Å². The molecule has 0 atom stereocenters. The number of rotatable bonds is 7. The number of carbonyl (C=O) groups excluding carboxylic acids is 1. The summed E-state index contributed by atoms with van der Waals surface area (Å²) in [5, 5.41) is 14.8. The first-order chi connectivity index (χ1) is 13.6. The van der Waals surface area contributed by atoms with Gasteiger partial charge in [0.2, 0.25) is 0 Å². The van der Waals surface area contributed by atoms with E-state index in [4.69, 9.17) is 4.74 Å². The van der Waals surface area contributed by atoms with Crippen molar-refractivity contribution in [1.82, 2.24) is 20.2 Å². The monoisotopic (exact) mass is 377 g/mol. The summed E-state index contributed by atoms with van der Waals surface area (Å²) < 4.78 is 7.49. The van der Waals surface area contributed by atoms with E-state index in [1.54, 1.807) is 0 Å². The molecular formula is C21H23N5O2. The van der Waals surface area contributed by atoms with E-state index in [1.165, 1.54) is 5.56 Å². The van der Waals surface area contributed by atoms with E-state index in [-0.39, 0.29) is 12.5 Å². The van der Waals surface area contributed by atoms with Crippen molar-refractivity contribution in [3.05, 3.63) is 54.1 Å². The van der Waals surface area contributed by atoms with Crippen LogP contribution in [-0.4, -0.2) is 32.7 Å². The molecule has 0 aliphatic heterocycles. The molecule has 7 nitrogen and oxygen atoms in total. The summed E-state index contributed by atoms with van der Waals surface area (Å²) in [6.45, 7) is 4.21. The zero-order chi connectivity index (χ0) is 19.5. The lowest BCUT2D eigenvalue weighted by molar-refractivity contribution is -0.118. The van der Waals surface area contributed by atoms with Gasteiger partial charge in [0.05, 0.1) is 6.04 Å². The average Bonchev–Trinajstić information content (AvgIpc) is 3.44. The minimum atomic E-state index is -0.203. The molecule has 1 N–H and O–H groups in total. The van der Waals surface area contributed by atoms with Gasteiger partial charge in [-0.15, -0.1) is 5.10 Å². The molecule has 144 valence electrons. The second-order valence-corrected chi connectivity index (χ2v) is 7.32. The predicted molar refractivity (Wildman–Crippen MR) is 106 cm³/mol. The van der Waals surface area contributed by atoms with Gasteiger partial charge in [-0.2, -0.15) is 0 Å². The number of amides is 1. The van der Waals surface area contributed by atoms with Gasteiger partial charge < -0.3 is 10.1 Å². The van der Waals surface area contributed by atoms with E-state index in [1.807, 2.05) is 47.1 Å². The Balaban J connectivity index is 1.34. The molecule has 1 fully saturated rings. The minimum Gasteiger partial charge on any atom is -0.484 e. The first-order valence-corrected chi connectivity index (χ1v) is 9.51. The van der Waals surface area contributed by atoms with Gasteiger partial charge in [-0.3, -0.25) is 4.79 Å². The molecular weight excluding hydrogens is 354 g/mol. The van der Waals surface area contributed by atoms with E-state index < -0.39 is 0 Å². The summed E-state index contributed by atoms with van der Waals surface area (Å²) in [6, 6.07) is 15.7. The van der Waals surface area contributed by atoms with Gasteiger partial charge in [0, 0.05) is 11.3 Å². The fourth-order valence-electron chi connectivity index (χ4n) is 2.96. The summed E-state index contributed by atoms with van der Waals surface area (Å²) in [5.41, 5.74) is 2.82. The van der Waals surface area contributed by atoms with Crippen molar-refractivity contribution >= 4 is 11.6 Å². The maximum absolute atomic E-state index is 12.2. The molecule has 1 amide bonds. The molecule has 0 spiro atoms. The van der Waals surface area contributed by atoms with Crippen LogP contribution in [0.5, 0.6) is 5.75 Å². The Morgan fingerprint density at radius 2 is 2.00 bits per heavy atom. The Labute approximate surface area is 163 Å². The predicted octanol–water partition coefficient (Wildman–Crippen LogP) is 3.82. The molecule has 3 aromatic rings. The van der Waals surface area contributed by atoms with Crippen molar-refractivity contribution in [2.75, 3.05) is 11.9 Å². The number of carbonyl (C=O) groups is 1. The van der Waals surface area contributed by atoms with Crippen molar-refractivity contribution in [1.29, 1.82) is 0 Å². The molecule has 1 aliphatic carbocycles. The van der Waals surface area contributed by atoms with Gasteiger partial charge in [-0.1, -0.05) is 26.0 Å². The number of ether oxygens (including phenoxy) is 1. The number of nitrogens with zero attached hydrogens (tertiary/aromatic N) is 4. The van der Waals surface area contributed by atoms with Crippen LogP contribution in [0.3, 0.4) is 0 Å². The van der Waals surface area contributed by atoms with E-state index >= 15 is 0 Å². The number of hydrogen-bond donors (Lipinski definition) is 1. The zero-order valence-electron chi connectivity index (χ0n) is 16.0. The van der Waals surface area contributed by atoms with E-state index in [2.05, 4.69) is 40.8 Å². The third kappa shape index (κ3) is 4.19. The van der Waals surface area contributed by atoms with Crippen LogP contribution in [0.2, 0.25) is 0 Å². The highest BCUT2D eigenvalue weighted by Gasteiger charge is 2.28.